The average Bonchev–Trinajstić information content (AvgIpc) is 2.87. The second kappa shape index (κ2) is 5.55. The Morgan fingerprint density at radius 2 is 2.29 bits per heavy atom. The molecule has 3 rings (SSSR count). The highest BCUT2D eigenvalue weighted by molar-refractivity contribution is 5.86. The molecule has 2 heterocycles. The fourth-order valence-corrected chi connectivity index (χ4v) is 2.33. The van der Waals surface area contributed by atoms with Gasteiger partial charge in [-0.2, -0.15) is 0 Å². The van der Waals surface area contributed by atoms with E-state index in [1.807, 2.05) is 0 Å². The van der Waals surface area contributed by atoms with Crippen molar-refractivity contribution in [3.63, 3.8) is 0 Å². The summed E-state index contributed by atoms with van der Waals surface area (Å²) in [7, 11) is 1.29. The van der Waals surface area contributed by atoms with Crippen LogP contribution >= 0.6 is 0 Å². The van der Waals surface area contributed by atoms with E-state index >= 15 is 0 Å². The molecule has 1 fully saturated rings. The van der Waals surface area contributed by atoms with E-state index in [2.05, 4.69) is 9.72 Å². The fraction of sp³-hybridized carbons (Fsp3) is 0.400. The van der Waals surface area contributed by atoms with Crippen LogP contribution in [0.1, 0.15) is 47.2 Å². The number of methoxy groups -OCH3 is 1. The van der Waals surface area contributed by atoms with Crippen molar-refractivity contribution >= 4 is 5.97 Å². The molecule has 6 heteroatoms. The van der Waals surface area contributed by atoms with Crippen LogP contribution in [0.4, 0.5) is 0 Å². The summed E-state index contributed by atoms with van der Waals surface area (Å²) in [5.74, 6) is 0.532. The first-order valence-electron chi connectivity index (χ1n) is 6.91. The quantitative estimate of drug-likeness (QED) is 0.804. The van der Waals surface area contributed by atoms with Crippen LogP contribution in [0.3, 0.4) is 0 Å². The zero-order valence-corrected chi connectivity index (χ0v) is 11.7. The number of carbonyl (C=O) groups is 1. The van der Waals surface area contributed by atoms with Crippen molar-refractivity contribution in [2.75, 3.05) is 7.11 Å². The average molecular weight is 288 g/mol. The molecular formula is C15H16N2O4. The normalized spacial score (nSPS) is 14.7. The summed E-state index contributed by atoms with van der Waals surface area (Å²) in [6, 6.07) is 4.77. The Labute approximate surface area is 121 Å². The summed E-state index contributed by atoms with van der Waals surface area (Å²) in [6.07, 6.45) is 4.96. The van der Waals surface area contributed by atoms with Gasteiger partial charge in [0.1, 0.15) is 5.76 Å². The zero-order valence-electron chi connectivity index (χ0n) is 11.7. The van der Waals surface area contributed by atoms with E-state index in [4.69, 9.17) is 4.42 Å². The third-order valence-corrected chi connectivity index (χ3v) is 3.80. The molecule has 0 spiro atoms. The minimum Gasteiger partial charge on any atom is -0.463 e. The number of hydrogen-bond acceptors (Lipinski definition) is 5. The van der Waals surface area contributed by atoms with E-state index in [1.54, 1.807) is 12.1 Å². The maximum absolute atomic E-state index is 12.1. The number of aromatic nitrogens is 2. The fourth-order valence-electron chi connectivity index (χ4n) is 2.33. The van der Waals surface area contributed by atoms with Gasteiger partial charge in [0.05, 0.1) is 25.7 Å². The second-order valence-corrected chi connectivity index (χ2v) is 5.17. The lowest BCUT2D eigenvalue weighted by Crippen LogP contribution is -2.23. The monoisotopic (exact) mass is 288 g/mol. The van der Waals surface area contributed by atoms with Gasteiger partial charge in [-0.25, -0.2) is 9.78 Å². The highest BCUT2D eigenvalue weighted by atomic mass is 16.5. The summed E-state index contributed by atoms with van der Waals surface area (Å²) in [5.41, 5.74) is 0.764. The molecule has 2 aromatic rings. The number of rotatable bonds is 4. The topological polar surface area (TPSA) is 74.3 Å². The summed E-state index contributed by atoms with van der Waals surface area (Å²) < 4.78 is 11.4. The number of ether oxygens (including phenoxy) is 1. The van der Waals surface area contributed by atoms with E-state index < -0.39 is 5.97 Å². The lowest BCUT2D eigenvalue weighted by atomic mass is 9.83. The zero-order chi connectivity index (χ0) is 14.8. The SMILES string of the molecule is COC(=O)c1ccc(Cn2cnc(C3CCC3)cc2=O)o1. The number of hydrogen-bond donors (Lipinski definition) is 0. The predicted molar refractivity (Wildman–Crippen MR) is 74.2 cm³/mol. The molecule has 0 radical (unpaired) electrons. The lowest BCUT2D eigenvalue weighted by Gasteiger charge is -2.24. The largest absolute Gasteiger partial charge is 0.463 e. The predicted octanol–water partition coefficient (Wildman–Crippen LogP) is 1.94. The van der Waals surface area contributed by atoms with Crippen molar-refractivity contribution in [2.45, 2.75) is 31.7 Å². The van der Waals surface area contributed by atoms with Gasteiger partial charge in [-0.15, -0.1) is 0 Å². The summed E-state index contributed by atoms with van der Waals surface area (Å²) in [6.45, 7) is 0.244. The molecule has 0 unspecified atom stereocenters. The highest BCUT2D eigenvalue weighted by Crippen LogP contribution is 2.34. The van der Waals surface area contributed by atoms with Crippen molar-refractivity contribution < 1.29 is 13.9 Å². The molecule has 0 amide bonds. The van der Waals surface area contributed by atoms with Gasteiger partial charge in [-0.1, -0.05) is 6.42 Å². The highest BCUT2D eigenvalue weighted by Gasteiger charge is 2.21. The van der Waals surface area contributed by atoms with Crippen molar-refractivity contribution in [2.24, 2.45) is 0 Å². The first-order chi connectivity index (χ1) is 10.2. The third kappa shape index (κ3) is 2.74. The summed E-state index contributed by atoms with van der Waals surface area (Å²) >= 11 is 0. The summed E-state index contributed by atoms with van der Waals surface area (Å²) in [5, 5.41) is 0. The van der Waals surface area contributed by atoms with Gasteiger partial charge in [-0.3, -0.25) is 9.36 Å². The standard InChI is InChI=1S/C15H16N2O4/c1-20-15(19)13-6-5-11(21-13)8-17-9-16-12(7-14(17)18)10-3-2-4-10/h5-7,9-10H,2-4,8H2,1H3. The van der Waals surface area contributed by atoms with Crippen molar-refractivity contribution in [1.29, 1.82) is 0 Å². The van der Waals surface area contributed by atoms with Gasteiger partial charge >= 0.3 is 5.97 Å². The van der Waals surface area contributed by atoms with Crippen molar-refractivity contribution in [3.05, 3.63) is 52.1 Å². The molecule has 1 aliphatic rings. The Balaban J connectivity index is 1.76. The van der Waals surface area contributed by atoms with E-state index in [0.717, 1.165) is 18.5 Å². The van der Waals surface area contributed by atoms with Crippen LogP contribution in [0.5, 0.6) is 0 Å². The van der Waals surface area contributed by atoms with Crippen molar-refractivity contribution in [1.82, 2.24) is 9.55 Å². The molecule has 6 nitrogen and oxygen atoms in total. The molecule has 2 aromatic heterocycles. The van der Waals surface area contributed by atoms with Crippen molar-refractivity contribution in [3.8, 4) is 0 Å². The van der Waals surface area contributed by atoms with Gasteiger partial charge in [0.2, 0.25) is 5.76 Å². The molecule has 0 bridgehead atoms. The van der Waals surface area contributed by atoms with Crippen LogP contribution in [-0.4, -0.2) is 22.6 Å². The van der Waals surface area contributed by atoms with Gasteiger partial charge < -0.3 is 9.15 Å². The Bertz CT molecular complexity index is 712. The van der Waals surface area contributed by atoms with Crippen LogP contribution in [0.25, 0.3) is 0 Å². The summed E-state index contributed by atoms with van der Waals surface area (Å²) in [4.78, 5) is 27.7. The van der Waals surface area contributed by atoms with Gasteiger partial charge in [0.25, 0.3) is 5.56 Å². The van der Waals surface area contributed by atoms with Gasteiger partial charge in [0, 0.05) is 12.0 Å². The molecule has 0 N–H and O–H groups in total. The molecule has 0 atom stereocenters. The Hall–Kier alpha value is -2.37. The molecule has 1 aliphatic carbocycles. The Morgan fingerprint density at radius 3 is 2.90 bits per heavy atom. The molecule has 1 saturated carbocycles. The number of carbonyl (C=O) groups excluding carboxylic acids is 1. The molecule has 0 saturated heterocycles. The molecule has 110 valence electrons. The Kier molecular flexibility index (Phi) is 3.60. The number of esters is 1. The van der Waals surface area contributed by atoms with Gasteiger partial charge in [0.15, 0.2) is 0 Å². The smallest absolute Gasteiger partial charge is 0.373 e. The number of furan rings is 1. The molecule has 0 aromatic carbocycles. The van der Waals surface area contributed by atoms with E-state index in [-0.39, 0.29) is 17.9 Å². The maximum atomic E-state index is 12.1. The third-order valence-electron chi connectivity index (χ3n) is 3.80. The van der Waals surface area contributed by atoms with Gasteiger partial charge in [-0.05, 0) is 25.0 Å². The van der Waals surface area contributed by atoms with Crippen LogP contribution in [0.2, 0.25) is 0 Å². The lowest BCUT2D eigenvalue weighted by molar-refractivity contribution is 0.0563. The number of nitrogens with zero attached hydrogens (tertiary/aromatic N) is 2. The second-order valence-electron chi connectivity index (χ2n) is 5.17. The van der Waals surface area contributed by atoms with Crippen LogP contribution in [0.15, 0.2) is 33.7 Å². The first-order valence-corrected chi connectivity index (χ1v) is 6.91. The minimum absolute atomic E-state index is 0.108. The Morgan fingerprint density at radius 1 is 1.48 bits per heavy atom. The van der Waals surface area contributed by atoms with Crippen LogP contribution in [0, 0.1) is 0 Å². The molecule has 0 aliphatic heterocycles. The van der Waals surface area contributed by atoms with E-state index in [9.17, 15) is 9.59 Å². The van der Waals surface area contributed by atoms with Crippen LogP contribution < -0.4 is 5.56 Å². The van der Waals surface area contributed by atoms with Crippen LogP contribution in [-0.2, 0) is 11.3 Å². The van der Waals surface area contributed by atoms with E-state index in [0.29, 0.717) is 11.7 Å². The molecule has 21 heavy (non-hydrogen) atoms. The first kappa shape index (κ1) is 13.6. The minimum atomic E-state index is -0.535. The maximum Gasteiger partial charge on any atom is 0.373 e. The molecular weight excluding hydrogens is 272 g/mol. The van der Waals surface area contributed by atoms with E-state index in [1.165, 1.54) is 30.5 Å².